The van der Waals surface area contributed by atoms with E-state index in [0.717, 1.165) is 49.1 Å². The summed E-state index contributed by atoms with van der Waals surface area (Å²) in [6, 6.07) is 14.6. The van der Waals surface area contributed by atoms with Crippen molar-refractivity contribution in [3.63, 3.8) is 0 Å². The van der Waals surface area contributed by atoms with Crippen LogP contribution in [0.3, 0.4) is 0 Å². The summed E-state index contributed by atoms with van der Waals surface area (Å²) in [5, 5.41) is 5.53. The van der Waals surface area contributed by atoms with E-state index in [1.165, 1.54) is 5.69 Å². The fourth-order valence-electron chi connectivity index (χ4n) is 6.25. The Morgan fingerprint density at radius 2 is 1.87 bits per heavy atom. The second-order valence-corrected chi connectivity index (χ2v) is 11.9. The molecule has 8 heteroatoms. The number of halogens is 2. The van der Waals surface area contributed by atoms with Crippen LogP contribution < -0.4 is 4.90 Å². The van der Waals surface area contributed by atoms with Gasteiger partial charge < -0.3 is 18.9 Å². The average Bonchev–Trinajstić information content (AvgIpc) is 3.37. The van der Waals surface area contributed by atoms with Crippen LogP contribution in [0.2, 0.25) is 10.0 Å². The van der Waals surface area contributed by atoms with Gasteiger partial charge >= 0.3 is 5.97 Å². The number of benzene rings is 2. The lowest BCUT2D eigenvalue weighted by Gasteiger charge is -2.33. The van der Waals surface area contributed by atoms with E-state index in [1.54, 1.807) is 0 Å². The summed E-state index contributed by atoms with van der Waals surface area (Å²) in [6.07, 6.45) is 4.96. The quantitative estimate of drug-likeness (QED) is 0.233. The summed E-state index contributed by atoms with van der Waals surface area (Å²) < 4.78 is 17.5. The van der Waals surface area contributed by atoms with Crippen molar-refractivity contribution in [2.24, 2.45) is 5.92 Å². The molecule has 4 atom stereocenters. The number of esters is 1. The zero-order valence-corrected chi connectivity index (χ0v) is 23.9. The van der Waals surface area contributed by atoms with Gasteiger partial charge in [-0.15, -0.1) is 0 Å². The predicted octanol–water partition coefficient (Wildman–Crippen LogP) is 7.77. The Labute approximate surface area is 239 Å². The van der Waals surface area contributed by atoms with Crippen LogP contribution in [-0.2, 0) is 20.9 Å². The molecule has 206 valence electrons. The normalized spacial score (nSPS) is 22.9. The number of anilines is 1. The molecule has 2 heterocycles. The topological polar surface area (TPSA) is 64.8 Å². The average molecular weight is 570 g/mol. The fraction of sp³-hybridized carbons (Fsp3) is 0.484. The van der Waals surface area contributed by atoms with E-state index in [4.69, 9.17) is 37.2 Å². The van der Waals surface area contributed by atoms with Crippen LogP contribution in [0.4, 0.5) is 5.69 Å². The highest BCUT2D eigenvalue weighted by molar-refractivity contribution is 6.39. The Bertz CT molecular complexity index is 1320. The van der Waals surface area contributed by atoms with Crippen LogP contribution in [0, 0.1) is 5.92 Å². The molecule has 0 amide bonds. The zero-order chi connectivity index (χ0) is 27.1. The third-order valence-electron chi connectivity index (χ3n) is 8.46. The van der Waals surface area contributed by atoms with E-state index in [1.807, 2.05) is 25.1 Å². The van der Waals surface area contributed by atoms with E-state index in [0.29, 0.717) is 58.8 Å². The summed E-state index contributed by atoms with van der Waals surface area (Å²) in [5.41, 5.74) is 4.80. The molecule has 6 nitrogen and oxygen atoms in total. The number of ether oxygens (including phenoxy) is 2. The Morgan fingerprint density at radius 1 is 1.13 bits per heavy atom. The lowest BCUT2D eigenvalue weighted by atomic mass is 9.97. The zero-order valence-electron chi connectivity index (χ0n) is 22.4. The molecule has 3 fully saturated rings. The SMILES string of the molecule is CCOC(=O)CC(C)c1ccc(N2C[C@@H]3C[C@H]2C[C@H]3OCc2c(-c3c(Cl)cccc3Cl)noc2C2CC2)cc1. The lowest BCUT2D eigenvalue weighted by Crippen LogP contribution is -2.38. The Balaban J connectivity index is 1.10. The van der Waals surface area contributed by atoms with Gasteiger partial charge in [0.1, 0.15) is 11.5 Å². The van der Waals surface area contributed by atoms with Crippen LogP contribution in [0.1, 0.15) is 74.7 Å². The molecule has 1 aliphatic heterocycles. The standard InChI is InChI=1S/C31H34Cl2N2O4/c1-3-37-28(36)13-18(2)19-9-11-22(12-10-19)35-16-21-14-23(35)15-27(21)38-17-24-30(34-39-31(24)20-7-8-20)29-25(32)5-4-6-26(29)33/h4-6,9-12,18,20-21,23,27H,3,7-8,13-17H2,1-2H3/t18?,21-,23-,27+/m0/s1. The molecule has 2 aliphatic carbocycles. The van der Waals surface area contributed by atoms with Crippen molar-refractivity contribution in [2.75, 3.05) is 18.1 Å². The number of rotatable bonds is 10. The van der Waals surface area contributed by atoms with Crippen LogP contribution in [0.15, 0.2) is 47.0 Å². The maximum Gasteiger partial charge on any atom is 0.306 e. The number of hydrogen-bond donors (Lipinski definition) is 0. The molecule has 2 saturated carbocycles. The van der Waals surface area contributed by atoms with Gasteiger partial charge in [-0.05, 0) is 68.4 Å². The summed E-state index contributed by atoms with van der Waals surface area (Å²) in [5.74, 6) is 1.80. The van der Waals surface area contributed by atoms with Gasteiger partial charge in [0.05, 0.1) is 35.8 Å². The maximum absolute atomic E-state index is 11.9. The Hall–Kier alpha value is -2.54. The molecule has 0 N–H and O–H groups in total. The Morgan fingerprint density at radius 3 is 2.51 bits per heavy atom. The fourth-order valence-corrected chi connectivity index (χ4v) is 6.82. The van der Waals surface area contributed by atoms with Gasteiger partial charge in [-0.1, -0.05) is 53.5 Å². The van der Waals surface area contributed by atoms with Gasteiger partial charge in [-0.25, -0.2) is 0 Å². The van der Waals surface area contributed by atoms with E-state index >= 15 is 0 Å². The first kappa shape index (κ1) is 26.7. The second kappa shape index (κ2) is 11.1. The number of piperidine rings is 1. The minimum Gasteiger partial charge on any atom is -0.466 e. The van der Waals surface area contributed by atoms with Crippen molar-refractivity contribution in [3.8, 4) is 11.3 Å². The van der Waals surface area contributed by atoms with Crippen molar-refractivity contribution >= 4 is 34.9 Å². The highest BCUT2D eigenvalue weighted by Crippen LogP contribution is 2.47. The first-order valence-corrected chi connectivity index (χ1v) is 14.7. The van der Waals surface area contributed by atoms with E-state index < -0.39 is 0 Å². The molecular weight excluding hydrogens is 535 g/mol. The van der Waals surface area contributed by atoms with E-state index in [2.05, 4.69) is 41.2 Å². The number of carbonyl (C=O) groups is 1. The molecule has 39 heavy (non-hydrogen) atoms. The second-order valence-electron chi connectivity index (χ2n) is 11.1. The number of hydrogen-bond acceptors (Lipinski definition) is 6. The highest BCUT2D eigenvalue weighted by Gasteiger charge is 2.45. The first-order valence-electron chi connectivity index (χ1n) is 14.0. The summed E-state index contributed by atoms with van der Waals surface area (Å²) in [7, 11) is 0. The van der Waals surface area contributed by atoms with Crippen LogP contribution in [0.5, 0.6) is 0 Å². The molecule has 3 aromatic rings. The van der Waals surface area contributed by atoms with Crippen molar-refractivity contribution in [1.82, 2.24) is 5.16 Å². The predicted molar refractivity (Wildman–Crippen MR) is 152 cm³/mol. The molecule has 2 bridgehead atoms. The number of carbonyl (C=O) groups excluding carboxylic acids is 1. The maximum atomic E-state index is 11.9. The van der Waals surface area contributed by atoms with Crippen LogP contribution in [-0.4, -0.2) is 36.4 Å². The molecule has 3 aliphatic rings. The van der Waals surface area contributed by atoms with Crippen molar-refractivity contribution < 1.29 is 18.8 Å². The largest absolute Gasteiger partial charge is 0.466 e. The van der Waals surface area contributed by atoms with Gasteiger partial charge in [-0.3, -0.25) is 4.79 Å². The molecule has 1 saturated heterocycles. The smallest absolute Gasteiger partial charge is 0.306 e. The Kier molecular flexibility index (Phi) is 7.62. The third kappa shape index (κ3) is 5.44. The van der Waals surface area contributed by atoms with Crippen molar-refractivity contribution in [3.05, 3.63) is 69.4 Å². The molecule has 0 spiro atoms. The van der Waals surface area contributed by atoms with Gasteiger partial charge in [0.2, 0.25) is 0 Å². The molecule has 1 unspecified atom stereocenters. The van der Waals surface area contributed by atoms with Gasteiger partial charge in [0.25, 0.3) is 0 Å². The third-order valence-corrected chi connectivity index (χ3v) is 9.09. The van der Waals surface area contributed by atoms with Gasteiger partial charge in [-0.2, -0.15) is 0 Å². The van der Waals surface area contributed by atoms with Gasteiger partial charge in [0, 0.05) is 41.2 Å². The monoisotopic (exact) mass is 568 g/mol. The van der Waals surface area contributed by atoms with Crippen LogP contribution >= 0.6 is 23.2 Å². The van der Waals surface area contributed by atoms with E-state index in [9.17, 15) is 4.79 Å². The molecule has 2 aromatic carbocycles. The highest BCUT2D eigenvalue weighted by atomic mass is 35.5. The van der Waals surface area contributed by atoms with Crippen molar-refractivity contribution in [1.29, 1.82) is 0 Å². The molecule has 0 radical (unpaired) electrons. The summed E-state index contributed by atoms with van der Waals surface area (Å²) in [4.78, 5) is 14.4. The molecule has 6 rings (SSSR count). The first-order chi connectivity index (χ1) is 18.9. The molecule has 1 aromatic heterocycles. The number of nitrogens with zero attached hydrogens (tertiary/aromatic N) is 2. The van der Waals surface area contributed by atoms with Crippen LogP contribution in [0.25, 0.3) is 11.3 Å². The number of aromatic nitrogens is 1. The van der Waals surface area contributed by atoms with E-state index in [-0.39, 0.29) is 18.0 Å². The molecular formula is C31H34Cl2N2O4. The lowest BCUT2D eigenvalue weighted by molar-refractivity contribution is -0.143. The minimum absolute atomic E-state index is 0.134. The number of fused-ring (bicyclic) bond motifs is 2. The summed E-state index contributed by atoms with van der Waals surface area (Å²) >= 11 is 13.0. The summed E-state index contributed by atoms with van der Waals surface area (Å²) in [6.45, 7) is 5.76. The van der Waals surface area contributed by atoms with Crippen molar-refractivity contribution in [2.45, 2.75) is 76.5 Å². The van der Waals surface area contributed by atoms with Gasteiger partial charge in [0.15, 0.2) is 0 Å². The minimum atomic E-state index is -0.144.